The summed E-state index contributed by atoms with van der Waals surface area (Å²) >= 11 is 0. The number of methoxy groups -OCH3 is 1. The third-order valence-corrected chi connectivity index (χ3v) is 10.2. The molecular weight excluding hydrogens is 552 g/mol. The average molecular weight is 585 g/mol. The Morgan fingerprint density at radius 3 is 2.23 bits per heavy atom. The summed E-state index contributed by atoms with van der Waals surface area (Å²) in [5, 5.41) is 7.20. The van der Waals surface area contributed by atoms with Crippen molar-refractivity contribution in [3.8, 4) is 0 Å². The van der Waals surface area contributed by atoms with Crippen LogP contribution in [0, 0.1) is 0 Å². The third kappa shape index (κ3) is 2.98. The van der Waals surface area contributed by atoms with Crippen LogP contribution in [-0.4, -0.2) is 51.6 Å². The molecular formula is C36H32N4O4. The molecule has 0 radical (unpaired) electrons. The van der Waals surface area contributed by atoms with E-state index in [1.807, 2.05) is 61.5 Å². The van der Waals surface area contributed by atoms with E-state index in [1.54, 1.807) is 7.11 Å². The average Bonchev–Trinajstić information content (AvgIpc) is 3.69. The molecule has 9 rings (SSSR count). The van der Waals surface area contributed by atoms with Crippen molar-refractivity contribution in [1.29, 1.82) is 0 Å². The molecule has 220 valence electrons. The number of hydrogen-bond donors (Lipinski definition) is 1. The Labute approximate surface area is 253 Å². The number of carbonyl (C=O) groups is 2. The molecule has 0 saturated carbocycles. The number of morpholine rings is 1. The van der Waals surface area contributed by atoms with E-state index in [0.717, 1.165) is 54.7 Å². The van der Waals surface area contributed by atoms with Crippen molar-refractivity contribution in [2.75, 3.05) is 13.7 Å². The summed E-state index contributed by atoms with van der Waals surface area (Å²) < 4.78 is 18.3. The molecule has 8 nitrogen and oxygen atoms in total. The fourth-order valence-electron chi connectivity index (χ4n) is 8.62. The van der Waals surface area contributed by atoms with Gasteiger partial charge >= 0.3 is 0 Å². The van der Waals surface area contributed by atoms with Gasteiger partial charge in [0, 0.05) is 47.3 Å². The maximum atomic E-state index is 14.0. The van der Waals surface area contributed by atoms with Gasteiger partial charge in [-0.1, -0.05) is 66.7 Å². The summed E-state index contributed by atoms with van der Waals surface area (Å²) in [6, 6.07) is 25.5. The first kappa shape index (κ1) is 25.9. The summed E-state index contributed by atoms with van der Waals surface area (Å²) in [5.74, 6) is -0.0266. The minimum Gasteiger partial charge on any atom is -0.361 e. The molecule has 6 aromatic rings. The second kappa shape index (κ2) is 8.57. The number of nitrogens with zero attached hydrogens (tertiary/aromatic N) is 3. The Morgan fingerprint density at radius 1 is 0.909 bits per heavy atom. The molecule has 4 aromatic carbocycles. The number of hydrogen-bond acceptors (Lipinski definition) is 5. The minimum atomic E-state index is -1.05. The van der Waals surface area contributed by atoms with Crippen LogP contribution in [-0.2, 0) is 27.5 Å². The van der Waals surface area contributed by atoms with Gasteiger partial charge in [0.25, 0.3) is 5.91 Å². The van der Waals surface area contributed by atoms with Crippen LogP contribution in [0.3, 0.4) is 0 Å². The smallest absolute Gasteiger partial charge is 0.252 e. The van der Waals surface area contributed by atoms with Crippen LogP contribution in [0.5, 0.6) is 0 Å². The first-order valence-electron chi connectivity index (χ1n) is 15.2. The van der Waals surface area contributed by atoms with Crippen molar-refractivity contribution in [3.63, 3.8) is 0 Å². The van der Waals surface area contributed by atoms with E-state index in [1.165, 1.54) is 0 Å². The highest BCUT2D eigenvalue weighted by atomic mass is 16.6. The van der Waals surface area contributed by atoms with Crippen molar-refractivity contribution in [2.45, 2.75) is 51.0 Å². The number of benzene rings is 4. The second-order valence-electron chi connectivity index (χ2n) is 12.7. The van der Waals surface area contributed by atoms with E-state index in [2.05, 4.69) is 57.5 Å². The number of nitrogens with one attached hydrogen (secondary N) is 1. The maximum absolute atomic E-state index is 14.0. The standard InChI is InChI=1S/C36H32N4O4/c1-20(32(41)21-12-6-5-7-13-21)38-19-35(2)39-25-16-10-9-15-23(25)28-29-24(18-37-33(29)42)27-22-14-8-11-17-26(22)40(30(27)31(28)39)36(3,44-35)34(38)43-4/h5-17,20,34H,18-19H2,1-4H3,(H,37,42)/t20?,34-,35+,36-/m0/s1. The van der Waals surface area contributed by atoms with Gasteiger partial charge in [0.2, 0.25) is 0 Å². The van der Waals surface area contributed by atoms with Crippen molar-refractivity contribution >= 4 is 55.3 Å². The van der Waals surface area contributed by atoms with Gasteiger partial charge in [-0.3, -0.25) is 14.5 Å². The van der Waals surface area contributed by atoms with E-state index < -0.39 is 23.7 Å². The number of ketones is 1. The van der Waals surface area contributed by atoms with Crippen molar-refractivity contribution < 1.29 is 19.1 Å². The van der Waals surface area contributed by atoms with Gasteiger partial charge in [-0.2, -0.15) is 0 Å². The molecule has 0 spiro atoms. The zero-order valence-electron chi connectivity index (χ0n) is 25.0. The van der Waals surface area contributed by atoms with Gasteiger partial charge in [0.05, 0.1) is 33.7 Å². The maximum Gasteiger partial charge on any atom is 0.252 e. The van der Waals surface area contributed by atoms with Gasteiger partial charge in [-0.05, 0) is 38.5 Å². The molecule has 8 heteroatoms. The quantitative estimate of drug-likeness (QED) is 0.254. The van der Waals surface area contributed by atoms with Crippen molar-refractivity contribution in [3.05, 3.63) is 95.6 Å². The first-order valence-corrected chi connectivity index (χ1v) is 15.2. The molecule has 1 fully saturated rings. The SMILES string of the molecule is CO[C@@H]1N(C(C)C(=O)c2ccccc2)C[C@@]2(C)O[C@]1(C)n1c3ccccc3c3c4c(c5c6ccccc6n2c5c31)C(=O)NC4. The highest BCUT2D eigenvalue weighted by Crippen LogP contribution is 2.54. The van der Waals surface area contributed by atoms with Crippen LogP contribution < -0.4 is 5.32 Å². The number of rotatable bonds is 4. The van der Waals surface area contributed by atoms with E-state index in [9.17, 15) is 9.59 Å². The molecule has 3 aliphatic rings. The van der Waals surface area contributed by atoms with Crippen LogP contribution in [0.2, 0.25) is 0 Å². The van der Waals surface area contributed by atoms with E-state index in [-0.39, 0.29) is 11.7 Å². The summed E-state index contributed by atoms with van der Waals surface area (Å²) in [6.07, 6.45) is -0.601. The molecule has 2 aromatic heterocycles. The van der Waals surface area contributed by atoms with Crippen LogP contribution in [0.1, 0.15) is 47.1 Å². The highest BCUT2D eigenvalue weighted by molar-refractivity contribution is 6.31. The zero-order chi connectivity index (χ0) is 30.1. The normalized spacial score (nSPS) is 25.2. The molecule has 5 heterocycles. The predicted molar refractivity (Wildman–Crippen MR) is 170 cm³/mol. The number of Topliss-reactive ketones (excluding diaryl/α,β-unsaturated/α-hetero) is 1. The Hall–Kier alpha value is -4.50. The van der Waals surface area contributed by atoms with Gasteiger partial charge in [0.15, 0.2) is 23.5 Å². The Morgan fingerprint density at radius 2 is 1.52 bits per heavy atom. The molecule has 2 bridgehead atoms. The van der Waals surface area contributed by atoms with Crippen LogP contribution in [0.15, 0.2) is 78.9 Å². The lowest BCUT2D eigenvalue weighted by Gasteiger charge is -2.55. The summed E-state index contributed by atoms with van der Waals surface area (Å²) in [4.78, 5) is 29.8. The number of amides is 1. The summed E-state index contributed by atoms with van der Waals surface area (Å²) in [5.41, 5.74) is 4.40. The van der Waals surface area contributed by atoms with E-state index in [4.69, 9.17) is 9.47 Å². The highest BCUT2D eigenvalue weighted by Gasteiger charge is 2.58. The van der Waals surface area contributed by atoms with E-state index >= 15 is 0 Å². The molecule has 1 N–H and O–H groups in total. The Bertz CT molecular complexity index is 2230. The fraction of sp³-hybridized carbons (Fsp3) is 0.278. The van der Waals surface area contributed by atoms with Gasteiger partial charge in [0.1, 0.15) is 0 Å². The fourth-order valence-corrected chi connectivity index (χ4v) is 8.62. The van der Waals surface area contributed by atoms with Crippen LogP contribution in [0.25, 0.3) is 43.6 Å². The lowest BCUT2D eigenvalue weighted by Crippen LogP contribution is -2.68. The Balaban J connectivity index is 1.45. The van der Waals surface area contributed by atoms with Crippen molar-refractivity contribution in [1.82, 2.24) is 19.4 Å². The molecule has 44 heavy (non-hydrogen) atoms. The summed E-state index contributed by atoms with van der Waals surface area (Å²) in [6.45, 7) is 7.00. The first-order chi connectivity index (χ1) is 21.3. The van der Waals surface area contributed by atoms with Gasteiger partial charge < -0.3 is 23.9 Å². The summed E-state index contributed by atoms with van der Waals surface area (Å²) in [7, 11) is 1.69. The molecule has 1 saturated heterocycles. The second-order valence-corrected chi connectivity index (χ2v) is 12.7. The molecule has 4 atom stereocenters. The monoisotopic (exact) mass is 584 g/mol. The zero-order valence-corrected chi connectivity index (χ0v) is 25.0. The largest absolute Gasteiger partial charge is 0.361 e. The number of fused-ring (bicyclic) bond motifs is 13. The Kier molecular flexibility index (Phi) is 5.05. The molecule has 3 aliphatic heterocycles. The lowest BCUT2D eigenvalue weighted by atomic mass is 9.97. The van der Waals surface area contributed by atoms with Crippen molar-refractivity contribution in [2.24, 2.45) is 0 Å². The van der Waals surface area contributed by atoms with Crippen LogP contribution >= 0.6 is 0 Å². The van der Waals surface area contributed by atoms with E-state index in [0.29, 0.717) is 18.7 Å². The number of carbonyl (C=O) groups excluding carboxylic acids is 2. The predicted octanol–water partition coefficient (Wildman–Crippen LogP) is 6.08. The molecule has 1 amide bonds. The molecule has 0 aliphatic carbocycles. The van der Waals surface area contributed by atoms with Crippen LogP contribution in [0.4, 0.5) is 0 Å². The van der Waals surface area contributed by atoms with Gasteiger partial charge in [-0.15, -0.1) is 0 Å². The third-order valence-electron chi connectivity index (χ3n) is 10.2. The number of aromatic nitrogens is 2. The number of para-hydroxylation sites is 2. The van der Waals surface area contributed by atoms with Gasteiger partial charge in [-0.25, -0.2) is 0 Å². The minimum absolute atomic E-state index is 0.0247. The molecule has 1 unspecified atom stereocenters. The lowest BCUT2D eigenvalue weighted by molar-refractivity contribution is -0.337. The number of ether oxygens (including phenoxy) is 2. The topological polar surface area (TPSA) is 77.7 Å².